The summed E-state index contributed by atoms with van der Waals surface area (Å²) in [5, 5.41) is 0. The summed E-state index contributed by atoms with van der Waals surface area (Å²) in [7, 11) is 0. The van der Waals surface area contributed by atoms with Crippen molar-refractivity contribution in [2.24, 2.45) is 0 Å². The van der Waals surface area contributed by atoms with E-state index in [1.54, 1.807) is 0 Å². The number of rotatable bonds is 3. The van der Waals surface area contributed by atoms with Crippen molar-refractivity contribution in [3.05, 3.63) is 30.1 Å². The predicted octanol–water partition coefficient (Wildman–Crippen LogP) is 2.28. The first-order valence-electron chi connectivity index (χ1n) is 5.49. The Balaban J connectivity index is 1.92. The number of nitrogens with zero attached hydrogens (tertiary/aromatic N) is 2. The maximum atomic E-state index is 4.39. The van der Waals surface area contributed by atoms with Crippen LogP contribution in [0.4, 0.5) is 0 Å². The van der Waals surface area contributed by atoms with Gasteiger partial charge in [-0.05, 0) is 38.1 Å². The van der Waals surface area contributed by atoms with Crippen molar-refractivity contribution in [2.75, 3.05) is 19.6 Å². The van der Waals surface area contributed by atoms with Gasteiger partial charge in [0.1, 0.15) is 0 Å². The summed E-state index contributed by atoms with van der Waals surface area (Å²) in [4.78, 5) is 6.94. The molecule has 1 aromatic rings. The molecule has 0 saturated carbocycles. The van der Waals surface area contributed by atoms with Crippen LogP contribution in [0.2, 0.25) is 0 Å². The second-order valence-electron chi connectivity index (χ2n) is 4.16. The molecule has 14 heavy (non-hydrogen) atoms. The Bertz CT molecular complexity index is 265. The van der Waals surface area contributed by atoms with Crippen LogP contribution in [0.5, 0.6) is 0 Å². The highest BCUT2D eigenvalue weighted by atomic mass is 15.1. The molecule has 1 aliphatic rings. The monoisotopic (exact) mass is 190 g/mol. The second kappa shape index (κ2) is 4.56. The van der Waals surface area contributed by atoms with E-state index in [1.165, 1.54) is 31.6 Å². The molecule has 0 amide bonds. The molecule has 2 heterocycles. The molecule has 1 aromatic heterocycles. The van der Waals surface area contributed by atoms with E-state index in [0.717, 1.165) is 6.54 Å². The molecule has 0 radical (unpaired) electrons. The van der Waals surface area contributed by atoms with Crippen LogP contribution in [0.1, 0.15) is 31.4 Å². The van der Waals surface area contributed by atoms with E-state index in [4.69, 9.17) is 0 Å². The average molecular weight is 190 g/mol. The Morgan fingerprint density at radius 3 is 2.79 bits per heavy atom. The molecule has 76 valence electrons. The molecule has 1 fully saturated rings. The zero-order valence-corrected chi connectivity index (χ0v) is 8.82. The maximum Gasteiger partial charge on any atom is 0.0444 e. The summed E-state index contributed by atoms with van der Waals surface area (Å²) in [6, 6.07) is 6.18. The van der Waals surface area contributed by atoms with Gasteiger partial charge in [0.25, 0.3) is 0 Å². The highest BCUT2D eigenvalue weighted by molar-refractivity contribution is 5.08. The summed E-state index contributed by atoms with van der Waals surface area (Å²) in [5.74, 6) is 0.564. The van der Waals surface area contributed by atoms with E-state index < -0.39 is 0 Å². The first kappa shape index (κ1) is 9.66. The molecule has 0 spiro atoms. The lowest BCUT2D eigenvalue weighted by Gasteiger charge is -2.19. The largest absolute Gasteiger partial charge is 0.303 e. The van der Waals surface area contributed by atoms with Crippen LogP contribution in [0.15, 0.2) is 24.4 Å². The Labute approximate surface area is 86.0 Å². The molecule has 1 unspecified atom stereocenters. The topological polar surface area (TPSA) is 16.1 Å². The van der Waals surface area contributed by atoms with Gasteiger partial charge in [-0.15, -0.1) is 0 Å². The van der Waals surface area contributed by atoms with Crippen molar-refractivity contribution < 1.29 is 0 Å². The van der Waals surface area contributed by atoms with Crippen LogP contribution in [-0.2, 0) is 0 Å². The normalized spacial score (nSPS) is 19.8. The predicted molar refractivity (Wildman–Crippen MR) is 58.3 cm³/mol. The van der Waals surface area contributed by atoms with Crippen molar-refractivity contribution >= 4 is 0 Å². The van der Waals surface area contributed by atoms with Crippen LogP contribution in [0.25, 0.3) is 0 Å². The number of likely N-dealkylation sites (tertiary alicyclic amines) is 1. The summed E-state index contributed by atoms with van der Waals surface area (Å²) >= 11 is 0. The quantitative estimate of drug-likeness (QED) is 0.727. The molecule has 0 bridgehead atoms. The minimum atomic E-state index is 0.564. The van der Waals surface area contributed by atoms with Crippen LogP contribution in [-0.4, -0.2) is 29.5 Å². The van der Waals surface area contributed by atoms with Crippen molar-refractivity contribution in [2.45, 2.75) is 25.7 Å². The van der Waals surface area contributed by atoms with Crippen LogP contribution in [0.3, 0.4) is 0 Å². The lowest BCUT2D eigenvalue weighted by Crippen LogP contribution is -2.24. The molecule has 0 N–H and O–H groups in total. The summed E-state index contributed by atoms with van der Waals surface area (Å²) in [6.07, 6.45) is 4.62. The van der Waals surface area contributed by atoms with E-state index >= 15 is 0 Å². The Hall–Kier alpha value is -0.890. The number of hydrogen-bond acceptors (Lipinski definition) is 2. The first-order chi connectivity index (χ1) is 6.86. The van der Waals surface area contributed by atoms with E-state index in [2.05, 4.69) is 28.9 Å². The number of pyridine rings is 1. The first-order valence-corrected chi connectivity index (χ1v) is 5.49. The van der Waals surface area contributed by atoms with Gasteiger partial charge in [0.2, 0.25) is 0 Å². The third-order valence-electron chi connectivity index (χ3n) is 2.92. The highest BCUT2D eigenvalue weighted by Crippen LogP contribution is 2.16. The highest BCUT2D eigenvalue weighted by Gasteiger charge is 2.15. The number of hydrogen-bond donors (Lipinski definition) is 0. The van der Waals surface area contributed by atoms with Crippen molar-refractivity contribution in [3.63, 3.8) is 0 Å². The van der Waals surface area contributed by atoms with Crippen LogP contribution >= 0.6 is 0 Å². The Morgan fingerprint density at radius 2 is 2.14 bits per heavy atom. The standard InChI is InChI=1S/C12H18N2/c1-11(10-14-8-4-5-9-14)12-6-2-3-7-13-12/h2-3,6-7,11H,4-5,8-10H2,1H3. The minimum absolute atomic E-state index is 0.564. The van der Waals surface area contributed by atoms with E-state index in [-0.39, 0.29) is 0 Å². The van der Waals surface area contributed by atoms with Gasteiger partial charge >= 0.3 is 0 Å². The smallest absolute Gasteiger partial charge is 0.0444 e. The molecule has 0 aliphatic carbocycles. The van der Waals surface area contributed by atoms with Crippen LogP contribution < -0.4 is 0 Å². The number of aromatic nitrogens is 1. The molecule has 1 saturated heterocycles. The van der Waals surface area contributed by atoms with Gasteiger partial charge in [-0.3, -0.25) is 4.98 Å². The minimum Gasteiger partial charge on any atom is -0.303 e. The molecule has 2 nitrogen and oxygen atoms in total. The molecule has 1 atom stereocenters. The maximum absolute atomic E-state index is 4.39. The molecule has 0 aromatic carbocycles. The second-order valence-corrected chi connectivity index (χ2v) is 4.16. The fraction of sp³-hybridized carbons (Fsp3) is 0.583. The van der Waals surface area contributed by atoms with Crippen molar-refractivity contribution in [1.82, 2.24) is 9.88 Å². The molecular formula is C12H18N2. The fourth-order valence-corrected chi connectivity index (χ4v) is 2.11. The third-order valence-corrected chi connectivity index (χ3v) is 2.92. The zero-order valence-electron chi connectivity index (χ0n) is 8.82. The molecule has 2 heteroatoms. The van der Waals surface area contributed by atoms with Gasteiger partial charge in [-0.1, -0.05) is 13.0 Å². The average Bonchev–Trinajstić information content (AvgIpc) is 2.72. The lowest BCUT2D eigenvalue weighted by atomic mass is 10.1. The third kappa shape index (κ3) is 2.32. The van der Waals surface area contributed by atoms with E-state index in [1.807, 2.05) is 12.3 Å². The summed E-state index contributed by atoms with van der Waals surface area (Å²) < 4.78 is 0. The SMILES string of the molecule is CC(CN1CCCC1)c1ccccn1. The lowest BCUT2D eigenvalue weighted by molar-refractivity contribution is 0.319. The van der Waals surface area contributed by atoms with Gasteiger partial charge in [0.05, 0.1) is 0 Å². The van der Waals surface area contributed by atoms with Crippen LogP contribution in [0, 0.1) is 0 Å². The molecule has 2 rings (SSSR count). The Morgan fingerprint density at radius 1 is 1.36 bits per heavy atom. The fourth-order valence-electron chi connectivity index (χ4n) is 2.11. The van der Waals surface area contributed by atoms with Gasteiger partial charge in [0.15, 0.2) is 0 Å². The van der Waals surface area contributed by atoms with Gasteiger partial charge < -0.3 is 4.90 Å². The summed E-state index contributed by atoms with van der Waals surface area (Å²) in [5.41, 5.74) is 1.22. The Kier molecular flexibility index (Phi) is 3.14. The van der Waals surface area contributed by atoms with Gasteiger partial charge in [0, 0.05) is 24.4 Å². The zero-order chi connectivity index (χ0) is 9.80. The van der Waals surface area contributed by atoms with Gasteiger partial charge in [-0.25, -0.2) is 0 Å². The van der Waals surface area contributed by atoms with Crippen molar-refractivity contribution in [1.29, 1.82) is 0 Å². The molecule has 1 aliphatic heterocycles. The summed E-state index contributed by atoms with van der Waals surface area (Å²) in [6.45, 7) is 5.98. The van der Waals surface area contributed by atoms with Crippen molar-refractivity contribution in [3.8, 4) is 0 Å². The molecular weight excluding hydrogens is 172 g/mol. The van der Waals surface area contributed by atoms with E-state index in [0.29, 0.717) is 5.92 Å². The van der Waals surface area contributed by atoms with E-state index in [9.17, 15) is 0 Å². The van der Waals surface area contributed by atoms with Gasteiger partial charge in [-0.2, -0.15) is 0 Å².